The summed E-state index contributed by atoms with van der Waals surface area (Å²) in [7, 11) is 0. The lowest BCUT2D eigenvalue weighted by molar-refractivity contribution is -0.144. The van der Waals surface area contributed by atoms with Crippen molar-refractivity contribution in [2.24, 2.45) is 5.92 Å². The highest BCUT2D eigenvalue weighted by Gasteiger charge is 2.26. The second-order valence-electron chi connectivity index (χ2n) is 4.81. The van der Waals surface area contributed by atoms with E-state index in [1.54, 1.807) is 4.90 Å². The predicted octanol–water partition coefficient (Wildman–Crippen LogP) is 1.30. The Balaban J connectivity index is 1.93. The molecule has 0 spiro atoms. The normalized spacial score (nSPS) is 19.3. The molecule has 19 heavy (non-hydrogen) atoms. The highest BCUT2D eigenvalue weighted by atomic mass is 32.1. The number of likely N-dealkylation sites (tertiary alicyclic amines) is 1. The van der Waals surface area contributed by atoms with Gasteiger partial charge in [0.1, 0.15) is 5.01 Å². The van der Waals surface area contributed by atoms with Gasteiger partial charge in [-0.05, 0) is 25.2 Å². The van der Waals surface area contributed by atoms with E-state index in [1.165, 1.54) is 11.3 Å². The van der Waals surface area contributed by atoms with E-state index in [0.29, 0.717) is 24.1 Å². The number of rotatable bonds is 2. The summed E-state index contributed by atoms with van der Waals surface area (Å²) in [5.74, 6) is -0.633. The van der Waals surface area contributed by atoms with Gasteiger partial charge in [-0.15, -0.1) is 10.2 Å². The van der Waals surface area contributed by atoms with Crippen LogP contribution >= 0.6 is 11.3 Å². The maximum absolute atomic E-state index is 12.0. The Kier molecular flexibility index (Phi) is 4.47. The van der Waals surface area contributed by atoms with Crippen LogP contribution in [0.4, 0.5) is 5.13 Å². The zero-order valence-electron chi connectivity index (χ0n) is 11.2. The molecule has 1 aliphatic heterocycles. The second-order valence-corrected chi connectivity index (χ2v) is 5.87. The van der Waals surface area contributed by atoms with Crippen LogP contribution in [-0.4, -0.2) is 40.0 Å². The molecule has 0 bridgehead atoms. The molecule has 1 fully saturated rings. The molecular weight excluding hydrogens is 264 g/mol. The monoisotopic (exact) mass is 282 g/mol. The molecule has 2 rings (SSSR count). The van der Waals surface area contributed by atoms with Crippen LogP contribution in [0.15, 0.2) is 0 Å². The number of hydrogen-bond donors (Lipinski definition) is 1. The smallest absolute Gasteiger partial charge is 0.315 e. The van der Waals surface area contributed by atoms with Gasteiger partial charge in [0.2, 0.25) is 5.13 Å². The molecule has 0 aromatic carbocycles. The van der Waals surface area contributed by atoms with Crippen LogP contribution in [0.5, 0.6) is 0 Å². The van der Waals surface area contributed by atoms with Crippen LogP contribution < -0.4 is 5.32 Å². The van der Waals surface area contributed by atoms with Crippen LogP contribution in [0.2, 0.25) is 0 Å². The van der Waals surface area contributed by atoms with Gasteiger partial charge in [-0.2, -0.15) is 0 Å². The summed E-state index contributed by atoms with van der Waals surface area (Å²) in [6.07, 6.45) is 2.84. The van der Waals surface area contributed by atoms with E-state index in [4.69, 9.17) is 0 Å². The molecule has 0 saturated carbocycles. The molecule has 7 heteroatoms. The maximum atomic E-state index is 12.0. The molecule has 1 atom stereocenters. The average molecular weight is 282 g/mol. The minimum Gasteiger partial charge on any atom is -0.334 e. The van der Waals surface area contributed by atoms with Crippen LogP contribution in [0.3, 0.4) is 0 Å². The van der Waals surface area contributed by atoms with Gasteiger partial charge in [-0.25, -0.2) is 0 Å². The summed E-state index contributed by atoms with van der Waals surface area (Å²) in [5.41, 5.74) is 0. The Morgan fingerprint density at radius 1 is 1.47 bits per heavy atom. The minimum absolute atomic E-state index is 0.389. The molecule has 0 aliphatic carbocycles. The van der Waals surface area contributed by atoms with Crippen molar-refractivity contribution in [2.75, 3.05) is 18.4 Å². The van der Waals surface area contributed by atoms with E-state index in [1.807, 2.05) is 6.92 Å². The van der Waals surface area contributed by atoms with Crippen molar-refractivity contribution in [3.8, 4) is 0 Å². The highest BCUT2D eigenvalue weighted by Crippen LogP contribution is 2.17. The van der Waals surface area contributed by atoms with Crippen LogP contribution in [0, 0.1) is 5.92 Å². The van der Waals surface area contributed by atoms with Crippen molar-refractivity contribution in [1.82, 2.24) is 15.1 Å². The van der Waals surface area contributed by atoms with E-state index in [0.717, 1.165) is 24.3 Å². The van der Waals surface area contributed by atoms with Crippen LogP contribution in [0.1, 0.15) is 31.7 Å². The van der Waals surface area contributed by atoms with Gasteiger partial charge in [-0.1, -0.05) is 25.2 Å². The summed E-state index contributed by atoms with van der Waals surface area (Å²) in [6, 6.07) is 0. The number of hydrogen-bond acceptors (Lipinski definition) is 5. The summed E-state index contributed by atoms with van der Waals surface area (Å²) >= 11 is 1.30. The number of nitrogens with zero attached hydrogens (tertiary/aromatic N) is 3. The quantitative estimate of drug-likeness (QED) is 0.830. The molecule has 2 amide bonds. The molecule has 1 aromatic rings. The highest BCUT2D eigenvalue weighted by molar-refractivity contribution is 7.15. The fraction of sp³-hybridized carbons (Fsp3) is 0.667. The van der Waals surface area contributed by atoms with E-state index < -0.39 is 11.8 Å². The van der Waals surface area contributed by atoms with Gasteiger partial charge in [0.25, 0.3) is 0 Å². The van der Waals surface area contributed by atoms with E-state index in [-0.39, 0.29) is 0 Å². The SMILES string of the molecule is CCc1nnc(NC(=O)C(=O)N2CCCC(C)C2)s1. The van der Waals surface area contributed by atoms with Gasteiger partial charge >= 0.3 is 11.8 Å². The Bertz CT molecular complexity index is 474. The fourth-order valence-electron chi connectivity index (χ4n) is 2.12. The molecule has 1 unspecified atom stereocenters. The number of carbonyl (C=O) groups excluding carboxylic acids is 2. The van der Waals surface area contributed by atoms with Crippen molar-refractivity contribution in [3.63, 3.8) is 0 Å². The predicted molar refractivity (Wildman–Crippen MR) is 72.9 cm³/mol. The summed E-state index contributed by atoms with van der Waals surface area (Å²) < 4.78 is 0. The molecule has 1 N–H and O–H groups in total. The standard InChI is InChI=1S/C12H18N4O2S/c1-3-9-14-15-12(19-9)13-10(17)11(18)16-6-4-5-8(2)7-16/h8H,3-7H2,1-2H3,(H,13,15,17). The number of anilines is 1. The number of piperidine rings is 1. The van der Waals surface area contributed by atoms with Crippen molar-refractivity contribution in [3.05, 3.63) is 5.01 Å². The Morgan fingerprint density at radius 2 is 2.26 bits per heavy atom. The van der Waals surface area contributed by atoms with Gasteiger partial charge in [-0.3, -0.25) is 14.9 Å². The lowest BCUT2D eigenvalue weighted by Gasteiger charge is -2.30. The zero-order chi connectivity index (χ0) is 13.8. The number of amides is 2. The molecule has 1 aliphatic rings. The lowest BCUT2D eigenvalue weighted by Crippen LogP contribution is -2.44. The van der Waals surface area contributed by atoms with Crippen LogP contribution in [-0.2, 0) is 16.0 Å². The van der Waals surface area contributed by atoms with Crippen molar-refractivity contribution in [2.45, 2.75) is 33.1 Å². The molecule has 1 saturated heterocycles. The second kappa shape index (κ2) is 6.10. The van der Waals surface area contributed by atoms with Crippen molar-refractivity contribution >= 4 is 28.3 Å². The summed E-state index contributed by atoms with van der Waals surface area (Å²) in [6.45, 7) is 5.37. The first-order valence-electron chi connectivity index (χ1n) is 6.52. The van der Waals surface area contributed by atoms with Crippen LogP contribution in [0.25, 0.3) is 0 Å². The van der Waals surface area contributed by atoms with Crippen molar-refractivity contribution < 1.29 is 9.59 Å². The zero-order valence-corrected chi connectivity index (χ0v) is 12.0. The number of nitrogens with one attached hydrogen (secondary N) is 1. The Morgan fingerprint density at radius 3 is 2.89 bits per heavy atom. The first kappa shape index (κ1) is 13.9. The number of aryl methyl sites for hydroxylation is 1. The first-order chi connectivity index (χ1) is 9.10. The Labute approximate surface area is 116 Å². The van der Waals surface area contributed by atoms with Gasteiger partial charge in [0, 0.05) is 13.1 Å². The van der Waals surface area contributed by atoms with Gasteiger partial charge < -0.3 is 4.90 Å². The average Bonchev–Trinajstić information content (AvgIpc) is 2.85. The largest absolute Gasteiger partial charge is 0.334 e. The molecule has 104 valence electrons. The summed E-state index contributed by atoms with van der Waals surface area (Å²) in [4.78, 5) is 25.5. The lowest BCUT2D eigenvalue weighted by atomic mass is 10.0. The van der Waals surface area contributed by atoms with E-state index in [9.17, 15) is 9.59 Å². The molecule has 1 aromatic heterocycles. The third kappa shape index (κ3) is 3.50. The first-order valence-corrected chi connectivity index (χ1v) is 7.34. The fourth-order valence-corrected chi connectivity index (χ4v) is 2.79. The third-order valence-corrected chi connectivity index (χ3v) is 4.11. The molecular formula is C12H18N4O2S. The minimum atomic E-state index is -0.618. The van der Waals surface area contributed by atoms with E-state index in [2.05, 4.69) is 22.4 Å². The molecule has 6 nitrogen and oxygen atoms in total. The molecule has 2 heterocycles. The third-order valence-electron chi connectivity index (χ3n) is 3.13. The topological polar surface area (TPSA) is 75.2 Å². The molecule has 0 radical (unpaired) electrons. The number of aromatic nitrogens is 2. The summed E-state index contributed by atoms with van der Waals surface area (Å²) in [5, 5.41) is 11.5. The van der Waals surface area contributed by atoms with Crippen molar-refractivity contribution in [1.29, 1.82) is 0 Å². The maximum Gasteiger partial charge on any atom is 0.315 e. The van der Waals surface area contributed by atoms with Gasteiger partial charge in [0.05, 0.1) is 0 Å². The van der Waals surface area contributed by atoms with Gasteiger partial charge in [0.15, 0.2) is 0 Å². The van der Waals surface area contributed by atoms with E-state index >= 15 is 0 Å². The number of carbonyl (C=O) groups is 2. The Hall–Kier alpha value is -1.50.